The van der Waals surface area contributed by atoms with Crippen molar-refractivity contribution >= 4 is 75.7 Å². The summed E-state index contributed by atoms with van der Waals surface area (Å²) in [6, 6.07) is 4.64. The van der Waals surface area contributed by atoms with Gasteiger partial charge in [-0.05, 0) is 18.2 Å². The maximum atomic E-state index is 11.8. The van der Waals surface area contributed by atoms with Gasteiger partial charge in [0.15, 0.2) is 12.0 Å². The van der Waals surface area contributed by atoms with Gasteiger partial charge in [0.2, 0.25) is 3.79 Å². The van der Waals surface area contributed by atoms with Crippen LogP contribution in [0.4, 0.5) is 0 Å². The first-order valence-corrected chi connectivity index (χ1v) is 8.92. The van der Waals surface area contributed by atoms with E-state index in [0.29, 0.717) is 10.8 Å². The molecule has 0 N–H and O–H groups in total. The van der Waals surface area contributed by atoms with Crippen molar-refractivity contribution in [2.45, 2.75) is 28.3 Å². The van der Waals surface area contributed by atoms with Crippen molar-refractivity contribution in [3.63, 3.8) is 0 Å². The van der Waals surface area contributed by atoms with Gasteiger partial charge in [0.05, 0.1) is 5.02 Å². The Labute approximate surface area is 158 Å². The van der Waals surface area contributed by atoms with Gasteiger partial charge in [-0.2, -0.15) is 0 Å². The van der Waals surface area contributed by atoms with Crippen LogP contribution in [0.1, 0.15) is 13.8 Å². The Morgan fingerprint density at radius 1 is 1.27 bits per heavy atom. The smallest absolute Gasteiger partial charge is 0.345 e. The van der Waals surface area contributed by atoms with Gasteiger partial charge in [-0.1, -0.05) is 71.9 Å². The normalized spacial score (nSPS) is 13.1. The van der Waals surface area contributed by atoms with Gasteiger partial charge in [0.1, 0.15) is 5.75 Å². The van der Waals surface area contributed by atoms with E-state index in [1.165, 1.54) is 17.8 Å². The Morgan fingerprint density at radius 2 is 1.91 bits per heavy atom. The molecule has 0 fully saturated rings. The van der Waals surface area contributed by atoms with Crippen LogP contribution in [0.3, 0.4) is 0 Å². The van der Waals surface area contributed by atoms with E-state index in [2.05, 4.69) is 0 Å². The lowest BCUT2D eigenvalue weighted by atomic mass is 10.3. The van der Waals surface area contributed by atoms with Crippen LogP contribution in [0.2, 0.25) is 10.0 Å². The molecule has 0 amide bonds. The summed E-state index contributed by atoms with van der Waals surface area (Å²) in [5.41, 5.74) is -0.936. The topological polar surface area (TPSA) is 35.5 Å². The Kier molecular flexibility index (Phi) is 8.27. The zero-order valence-electron chi connectivity index (χ0n) is 11.6. The molecule has 9 heteroatoms. The summed E-state index contributed by atoms with van der Waals surface area (Å²) in [6.45, 7) is 3.43. The van der Waals surface area contributed by atoms with E-state index in [1.54, 1.807) is 12.1 Å². The van der Waals surface area contributed by atoms with Crippen molar-refractivity contribution in [2.75, 3.05) is 6.61 Å². The number of hydrogen-bond acceptors (Lipinski definition) is 4. The summed E-state index contributed by atoms with van der Waals surface area (Å²) in [4.78, 5) is 11.8. The highest BCUT2D eigenvalue weighted by molar-refractivity contribution is 8.00. The van der Waals surface area contributed by atoms with Gasteiger partial charge in [0, 0.05) is 10.3 Å². The van der Waals surface area contributed by atoms with Crippen LogP contribution in [0.15, 0.2) is 18.2 Å². The van der Waals surface area contributed by atoms with Crippen molar-refractivity contribution in [3.8, 4) is 5.75 Å². The fourth-order valence-electron chi connectivity index (χ4n) is 1.30. The lowest BCUT2D eigenvalue weighted by Crippen LogP contribution is -2.31. The zero-order chi connectivity index (χ0) is 16.9. The van der Waals surface area contributed by atoms with Gasteiger partial charge >= 0.3 is 5.97 Å². The van der Waals surface area contributed by atoms with E-state index in [-0.39, 0.29) is 16.9 Å². The Balaban J connectivity index is 2.60. The lowest BCUT2D eigenvalue weighted by Gasteiger charge is -2.25. The molecule has 1 atom stereocenters. The molecule has 0 spiro atoms. The average Bonchev–Trinajstić information content (AvgIpc) is 2.35. The molecule has 1 aromatic carbocycles. The number of ether oxygens (including phenoxy) is 2. The number of carbonyl (C=O) groups is 1. The van der Waals surface area contributed by atoms with Crippen molar-refractivity contribution in [1.82, 2.24) is 0 Å². The molecular formula is C13H13Cl5O3S. The monoisotopic (exact) mass is 424 g/mol. The van der Waals surface area contributed by atoms with Crippen LogP contribution in [0.5, 0.6) is 5.75 Å². The summed E-state index contributed by atoms with van der Waals surface area (Å²) in [6.07, 6.45) is 0. The maximum absolute atomic E-state index is 11.8. The van der Waals surface area contributed by atoms with E-state index in [0.717, 1.165) is 0 Å². The summed E-state index contributed by atoms with van der Waals surface area (Å²) < 4.78 is 8.68. The van der Waals surface area contributed by atoms with E-state index in [4.69, 9.17) is 67.5 Å². The van der Waals surface area contributed by atoms with Gasteiger partial charge < -0.3 is 9.47 Å². The molecule has 1 rings (SSSR count). The third-order valence-corrected chi connectivity index (χ3v) is 4.90. The molecule has 0 bridgehead atoms. The van der Waals surface area contributed by atoms with Crippen LogP contribution in [-0.2, 0) is 9.53 Å². The first-order valence-electron chi connectivity index (χ1n) is 6.09. The number of rotatable bonds is 6. The largest absolute Gasteiger partial charge is 0.480 e. The van der Waals surface area contributed by atoms with Gasteiger partial charge in [0.25, 0.3) is 0 Å². The second-order valence-electron chi connectivity index (χ2n) is 4.41. The highest BCUT2D eigenvalue weighted by Crippen LogP contribution is 2.40. The predicted molar refractivity (Wildman–Crippen MR) is 94.9 cm³/mol. The third kappa shape index (κ3) is 7.24. The van der Waals surface area contributed by atoms with E-state index in [1.807, 2.05) is 13.8 Å². The molecule has 124 valence electrons. The van der Waals surface area contributed by atoms with Crippen molar-refractivity contribution in [3.05, 3.63) is 28.2 Å². The molecule has 0 aliphatic heterocycles. The molecule has 0 aliphatic rings. The number of halogens is 5. The highest BCUT2D eigenvalue weighted by Gasteiger charge is 2.37. The summed E-state index contributed by atoms with van der Waals surface area (Å²) in [7, 11) is 0. The minimum Gasteiger partial charge on any atom is -0.480 e. The molecule has 22 heavy (non-hydrogen) atoms. The zero-order valence-corrected chi connectivity index (χ0v) is 16.2. The van der Waals surface area contributed by atoms with Crippen LogP contribution < -0.4 is 4.74 Å². The minimum atomic E-state index is -1.73. The number of thioether (sulfide) groups is 1. The minimum absolute atomic E-state index is 0.111. The second-order valence-corrected chi connectivity index (χ2v) is 9.27. The molecule has 1 aromatic rings. The van der Waals surface area contributed by atoms with Crippen molar-refractivity contribution < 1.29 is 14.3 Å². The first kappa shape index (κ1) is 20.3. The van der Waals surface area contributed by atoms with Crippen LogP contribution >= 0.6 is 69.8 Å². The van der Waals surface area contributed by atoms with Crippen molar-refractivity contribution in [1.29, 1.82) is 0 Å². The second kappa shape index (κ2) is 8.95. The number of benzene rings is 1. The summed E-state index contributed by atoms with van der Waals surface area (Å²) in [5, 5.41) is 0.861. The quantitative estimate of drug-likeness (QED) is 0.329. The Morgan fingerprint density at radius 3 is 2.41 bits per heavy atom. The number of hydrogen-bond donors (Lipinski definition) is 0. The molecule has 0 radical (unpaired) electrons. The molecule has 3 nitrogen and oxygen atoms in total. The highest BCUT2D eigenvalue weighted by atomic mass is 35.6. The summed E-state index contributed by atoms with van der Waals surface area (Å²) in [5.74, 6) is -0.361. The molecule has 0 saturated heterocycles. The standard InChI is InChI=1S/C13H13Cl5O3S/c1-7(2)22-12(13(16,17)18)21-11(19)6-20-10-4-3-8(14)5-9(10)15/h3-5,7,12H,6H2,1-2H3/t12-/m1/s1. The molecule has 0 saturated carbocycles. The summed E-state index contributed by atoms with van der Waals surface area (Å²) >= 11 is 30.3. The Bertz CT molecular complexity index is 519. The molecule has 0 heterocycles. The predicted octanol–water partition coefficient (Wildman–Crippen LogP) is 5.75. The van der Waals surface area contributed by atoms with E-state index < -0.39 is 15.2 Å². The average molecular weight is 427 g/mol. The van der Waals surface area contributed by atoms with Gasteiger partial charge in [-0.3, -0.25) is 0 Å². The molecular weight excluding hydrogens is 413 g/mol. The van der Waals surface area contributed by atoms with Crippen LogP contribution in [-0.4, -0.2) is 27.1 Å². The molecule has 0 aliphatic carbocycles. The van der Waals surface area contributed by atoms with Crippen LogP contribution in [0.25, 0.3) is 0 Å². The number of carbonyl (C=O) groups excluding carboxylic acids is 1. The van der Waals surface area contributed by atoms with E-state index >= 15 is 0 Å². The number of esters is 1. The van der Waals surface area contributed by atoms with Crippen LogP contribution in [0, 0.1) is 0 Å². The Hall–Kier alpha value is 0.290. The maximum Gasteiger partial charge on any atom is 0.345 e. The molecule has 0 aromatic heterocycles. The lowest BCUT2D eigenvalue weighted by molar-refractivity contribution is -0.147. The number of alkyl halides is 3. The van der Waals surface area contributed by atoms with Gasteiger partial charge in [-0.15, -0.1) is 11.8 Å². The van der Waals surface area contributed by atoms with Crippen molar-refractivity contribution in [2.24, 2.45) is 0 Å². The fraction of sp³-hybridized carbons (Fsp3) is 0.462. The van der Waals surface area contributed by atoms with E-state index in [9.17, 15) is 4.79 Å². The fourth-order valence-corrected chi connectivity index (χ4v) is 3.17. The third-order valence-electron chi connectivity index (χ3n) is 2.14. The van der Waals surface area contributed by atoms with Gasteiger partial charge in [-0.25, -0.2) is 4.79 Å². The SMILES string of the molecule is CC(C)S[C@@H](OC(=O)COc1ccc(Cl)cc1Cl)C(Cl)(Cl)Cl. The molecule has 0 unspecified atom stereocenters. The first-order chi connectivity index (χ1) is 10.1.